The Kier molecular flexibility index (Phi) is 7.77. The zero-order chi connectivity index (χ0) is 25.7. The predicted molar refractivity (Wildman–Crippen MR) is 139 cm³/mol. The Balaban J connectivity index is 1.69. The molecular formula is C26H24ClFN4O3S. The largest absolute Gasteiger partial charge is 0.457 e. The van der Waals surface area contributed by atoms with E-state index >= 15 is 0 Å². The predicted octanol–water partition coefficient (Wildman–Crippen LogP) is 5.35. The third-order valence-electron chi connectivity index (χ3n) is 5.74. The van der Waals surface area contributed by atoms with E-state index < -0.39 is 16.5 Å². The van der Waals surface area contributed by atoms with E-state index in [-0.39, 0.29) is 18.3 Å². The topological polar surface area (TPSA) is 86.0 Å². The highest BCUT2D eigenvalue weighted by atomic mass is 35.5. The maximum absolute atomic E-state index is 13.4. The van der Waals surface area contributed by atoms with Gasteiger partial charge in [-0.2, -0.15) is 5.26 Å². The molecule has 0 amide bonds. The zero-order valence-corrected chi connectivity index (χ0v) is 21.1. The van der Waals surface area contributed by atoms with E-state index in [0.717, 1.165) is 11.3 Å². The third-order valence-corrected chi connectivity index (χ3v) is 6.92. The van der Waals surface area contributed by atoms with Gasteiger partial charge < -0.3 is 14.5 Å². The first-order chi connectivity index (χ1) is 17.3. The minimum absolute atomic E-state index is 0.0869. The number of rotatable bonds is 8. The molecule has 3 aromatic rings. The van der Waals surface area contributed by atoms with Crippen molar-refractivity contribution < 1.29 is 17.5 Å². The second-order valence-electron chi connectivity index (χ2n) is 8.40. The Morgan fingerprint density at radius 1 is 1.11 bits per heavy atom. The molecule has 1 heterocycles. The molecule has 0 aromatic heterocycles. The van der Waals surface area contributed by atoms with Gasteiger partial charge in [-0.3, -0.25) is 0 Å². The van der Waals surface area contributed by atoms with Crippen LogP contribution in [0.1, 0.15) is 17.2 Å². The Morgan fingerprint density at radius 2 is 1.78 bits per heavy atom. The van der Waals surface area contributed by atoms with Crippen molar-refractivity contribution in [2.45, 2.75) is 12.7 Å². The van der Waals surface area contributed by atoms with Crippen molar-refractivity contribution in [1.82, 2.24) is 4.90 Å². The van der Waals surface area contributed by atoms with Crippen LogP contribution in [0.15, 0.2) is 77.8 Å². The summed E-state index contributed by atoms with van der Waals surface area (Å²) in [6, 6.07) is 21.1. The van der Waals surface area contributed by atoms with Crippen LogP contribution in [-0.2, 0) is 16.5 Å². The molecule has 0 N–H and O–H groups in total. The van der Waals surface area contributed by atoms with Gasteiger partial charge >= 0.3 is 0 Å². The lowest BCUT2D eigenvalue weighted by atomic mass is 10.0. The second-order valence-corrected chi connectivity index (χ2v) is 11.1. The van der Waals surface area contributed by atoms with Gasteiger partial charge in [0.2, 0.25) is 12.2 Å². The zero-order valence-electron chi connectivity index (χ0n) is 19.5. The van der Waals surface area contributed by atoms with Crippen molar-refractivity contribution in [3.63, 3.8) is 0 Å². The SMILES string of the molecule is CS(=O)(=O)CCN1CC(c2cccc(CF)c2)N(c2ccc(Oc3ccc(Cl)cc3)cc2)/C1=N/C#N. The number of halogens is 2. The van der Waals surface area contributed by atoms with Crippen LogP contribution in [0.4, 0.5) is 10.1 Å². The van der Waals surface area contributed by atoms with E-state index in [9.17, 15) is 18.1 Å². The van der Waals surface area contributed by atoms with Gasteiger partial charge in [0.05, 0.1) is 11.8 Å². The Hall–Kier alpha value is -3.61. The monoisotopic (exact) mass is 526 g/mol. The number of anilines is 1. The summed E-state index contributed by atoms with van der Waals surface area (Å²) in [6.07, 6.45) is 3.01. The highest BCUT2D eigenvalue weighted by Gasteiger charge is 2.38. The molecule has 1 aliphatic heterocycles. The van der Waals surface area contributed by atoms with Crippen molar-refractivity contribution in [3.05, 3.63) is 88.9 Å². The number of hydrogen-bond donors (Lipinski definition) is 0. The molecule has 1 saturated heterocycles. The van der Waals surface area contributed by atoms with Gasteiger partial charge in [0, 0.05) is 30.1 Å². The summed E-state index contributed by atoms with van der Waals surface area (Å²) >= 11 is 5.94. The first kappa shape index (κ1) is 25.5. The number of hydrogen-bond acceptors (Lipinski definition) is 5. The number of alkyl halides is 1. The van der Waals surface area contributed by atoms with Crippen LogP contribution < -0.4 is 9.64 Å². The molecule has 36 heavy (non-hydrogen) atoms. The molecule has 10 heteroatoms. The first-order valence-electron chi connectivity index (χ1n) is 11.1. The number of aliphatic imine (C=N–C) groups is 1. The van der Waals surface area contributed by atoms with Crippen molar-refractivity contribution in [3.8, 4) is 17.7 Å². The molecule has 0 saturated carbocycles. The molecule has 1 unspecified atom stereocenters. The van der Waals surface area contributed by atoms with E-state index in [1.807, 2.05) is 29.3 Å². The minimum atomic E-state index is -3.24. The van der Waals surface area contributed by atoms with Gasteiger partial charge in [0.1, 0.15) is 28.0 Å². The van der Waals surface area contributed by atoms with Crippen molar-refractivity contribution in [1.29, 1.82) is 5.26 Å². The van der Waals surface area contributed by atoms with Crippen molar-refractivity contribution in [2.75, 3.05) is 30.0 Å². The summed E-state index contributed by atoms with van der Waals surface area (Å²) < 4.78 is 43.0. The quantitative estimate of drug-likeness (QED) is 0.368. The Labute approximate surface area is 214 Å². The number of guanidine groups is 1. The standard InChI is InChI=1S/C26H24ClFN4O3S/c1-36(33,34)14-13-31-17-25(20-4-2-3-19(15-20)16-28)32(26(31)30-18-29)22-7-11-24(12-8-22)35-23-9-5-21(27)6-10-23/h2-12,15,25H,13-14,16-17H2,1H3/b30-26+. The highest BCUT2D eigenvalue weighted by molar-refractivity contribution is 7.90. The fourth-order valence-electron chi connectivity index (χ4n) is 4.05. The molecule has 0 aliphatic carbocycles. The van der Waals surface area contributed by atoms with Gasteiger partial charge in [0.15, 0.2) is 0 Å². The average molecular weight is 527 g/mol. The molecule has 0 spiro atoms. The average Bonchev–Trinajstić information content (AvgIpc) is 3.23. The number of nitriles is 1. The highest BCUT2D eigenvalue weighted by Crippen LogP contribution is 2.36. The van der Waals surface area contributed by atoms with E-state index in [0.29, 0.717) is 34.6 Å². The lowest BCUT2D eigenvalue weighted by Crippen LogP contribution is -2.36. The number of nitrogens with zero attached hydrogens (tertiary/aromatic N) is 4. The fourth-order valence-corrected chi connectivity index (χ4v) is 4.73. The molecule has 0 bridgehead atoms. The van der Waals surface area contributed by atoms with E-state index in [4.69, 9.17) is 16.3 Å². The molecule has 1 aliphatic rings. The summed E-state index contributed by atoms with van der Waals surface area (Å²) in [4.78, 5) is 7.68. The summed E-state index contributed by atoms with van der Waals surface area (Å²) in [5.41, 5.74) is 2.09. The summed E-state index contributed by atoms with van der Waals surface area (Å²) in [5.74, 6) is 1.48. The molecule has 3 aromatic carbocycles. The number of sulfone groups is 1. The maximum Gasteiger partial charge on any atom is 0.217 e. The molecule has 186 valence electrons. The van der Waals surface area contributed by atoms with Crippen molar-refractivity contribution in [2.24, 2.45) is 4.99 Å². The van der Waals surface area contributed by atoms with Crippen LogP contribution in [0.25, 0.3) is 0 Å². The normalized spacial score (nSPS) is 16.8. The van der Waals surface area contributed by atoms with Crippen LogP contribution in [0.5, 0.6) is 11.5 Å². The smallest absolute Gasteiger partial charge is 0.217 e. The van der Waals surface area contributed by atoms with Gasteiger partial charge in [0.25, 0.3) is 0 Å². The summed E-state index contributed by atoms with van der Waals surface area (Å²) in [5, 5.41) is 10.0. The van der Waals surface area contributed by atoms with Gasteiger partial charge in [-0.05, 0) is 59.7 Å². The van der Waals surface area contributed by atoms with Gasteiger partial charge in [-0.15, -0.1) is 4.99 Å². The maximum atomic E-state index is 13.4. The molecule has 7 nitrogen and oxygen atoms in total. The van der Waals surface area contributed by atoms with Gasteiger partial charge in [-0.25, -0.2) is 12.8 Å². The molecular weight excluding hydrogens is 503 g/mol. The van der Waals surface area contributed by atoms with Crippen LogP contribution in [0.2, 0.25) is 5.02 Å². The Morgan fingerprint density at radius 3 is 2.39 bits per heavy atom. The van der Waals surface area contributed by atoms with E-state index in [1.165, 1.54) is 6.26 Å². The summed E-state index contributed by atoms with van der Waals surface area (Å²) in [7, 11) is -3.24. The lowest BCUT2D eigenvalue weighted by molar-refractivity contribution is 0.456. The molecule has 0 radical (unpaired) electrons. The number of benzene rings is 3. The molecule has 1 atom stereocenters. The van der Waals surface area contributed by atoms with Crippen LogP contribution in [0.3, 0.4) is 0 Å². The van der Waals surface area contributed by atoms with E-state index in [2.05, 4.69) is 4.99 Å². The van der Waals surface area contributed by atoms with E-state index in [1.54, 1.807) is 59.5 Å². The second kappa shape index (κ2) is 11.0. The number of ether oxygens (including phenoxy) is 1. The van der Waals surface area contributed by atoms with Crippen LogP contribution >= 0.6 is 11.6 Å². The van der Waals surface area contributed by atoms with Crippen LogP contribution in [0, 0.1) is 11.5 Å². The summed E-state index contributed by atoms with van der Waals surface area (Å²) in [6.45, 7) is -0.0457. The minimum Gasteiger partial charge on any atom is -0.457 e. The first-order valence-corrected chi connectivity index (χ1v) is 13.6. The Bertz CT molecular complexity index is 1390. The molecule has 1 fully saturated rings. The fraction of sp³-hybridized carbons (Fsp3) is 0.231. The molecule has 4 rings (SSSR count). The van der Waals surface area contributed by atoms with Crippen LogP contribution in [-0.4, -0.2) is 44.4 Å². The van der Waals surface area contributed by atoms with Crippen molar-refractivity contribution >= 4 is 33.1 Å². The lowest BCUT2D eigenvalue weighted by Gasteiger charge is -2.26. The third kappa shape index (κ3) is 6.14. The van der Waals surface area contributed by atoms with Gasteiger partial charge in [-0.1, -0.05) is 35.9 Å².